The molecule has 0 amide bonds. The fourth-order valence-corrected chi connectivity index (χ4v) is 6.10. The van der Waals surface area contributed by atoms with Gasteiger partial charge in [0.2, 0.25) is 0 Å². The molecule has 0 spiro atoms. The summed E-state index contributed by atoms with van der Waals surface area (Å²) >= 11 is 9.47. The van der Waals surface area contributed by atoms with Crippen molar-refractivity contribution in [1.29, 1.82) is 0 Å². The van der Waals surface area contributed by atoms with Crippen molar-refractivity contribution in [1.82, 2.24) is 0 Å². The van der Waals surface area contributed by atoms with E-state index in [2.05, 4.69) is 44.8 Å². The van der Waals surface area contributed by atoms with E-state index < -0.39 is 0 Å². The summed E-state index contributed by atoms with van der Waals surface area (Å²) in [6.45, 7) is 2.18. The van der Waals surface area contributed by atoms with Gasteiger partial charge in [-0.1, -0.05) is 28.8 Å². The van der Waals surface area contributed by atoms with Crippen LogP contribution in [0, 0.1) is 24.7 Å². The first kappa shape index (κ1) is 11.7. The molecule has 1 heterocycles. The molecular formula is C13H16Br2S. The quantitative estimate of drug-likeness (QED) is 0.592. The summed E-state index contributed by atoms with van der Waals surface area (Å²) in [6, 6.07) is 2.35. The zero-order valence-electron chi connectivity index (χ0n) is 9.38. The Morgan fingerprint density at radius 1 is 1.31 bits per heavy atom. The van der Waals surface area contributed by atoms with E-state index in [9.17, 15) is 0 Å². The highest BCUT2D eigenvalue weighted by molar-refractivity contribution is 9.11. The highest BCUT2D eigenvalue weighted by atomic mass is 79.9. The molecule has 1 aromatic rings. The van der Waals surface area contributed by atoms with Crippen LogP contribution < -0.4 is 0 Å². The van der Waals surface area contributed by atoms with Crippen LogP contribution in [-0.2, 0) is 0 Å². The van der Waals surface area contributed by atoms with Crippen molar-refractivity contribution in [2.24, 2.45) is 17.8 Å². The van der Waals surface area contributed by atoms with Crippen molar-refractivity contribution in [3.63, 3.8) is 0 Å². The Kier molecular flexibility index (Phi) is 3.23. The lowest BCUT2D eigenvalue weighted by atomic mass is 10.0. The minimum Gasteiger partial charge on any atom is -0.132 e. The molecule has 0 aromatic carbocycles. The number of alkyl halides is 1. The van der Waals surface area contributed by atoms with Crippen LogP contribution in [0.25, 0.3) is 0 Å². The van der Waals surface area contributed by atoms with Crippen LogP contribution in [0.1, 0.15) is 41.0 Å². The highest BCUT2D eigenvalue weighted by Gasteiger charge is 2.54. The van der Waals surface area contributed by atoms with Gasteiger partial charge in [-0.3, -0.25) is 0 Å². The van der Waals surface area contributed by atoms with Crippen LogP contribution in [-0.4, -0.2) is 0 Å². The van der Waals surface area contributed by atoms with Crippen molar-refractivity contribution >= 4 is 43.2 Å². The first-order valence-electron chi connectivity index (χ1n) is 6.08. The lowest BCUT2D eigenvalue weighted by Crippen LogP contribution is -1.91. The van der Waals surface area contributed by atoms with Gasteiger partial charge in [0.25, 0.3) is 0 Å². The van der Waals surface area contributed by atoms with Crippen molar-refractivity contribution in [3.8, 4) is 0 Å². The van der Waals surface area contributed by atoms with E-state index in [1.54, 1.807) is 0 Å². The lowest BCUT2D eigenvalue weighted by molar-refractivity contribution is 0.480. The molecule has 0 radical (unpaired) electrons. The van der Waals surface area contributed by atoms with E-state index in [4.69, 9.17) is 0 Å². The number of fused-ring (bicyclic) bond motifs is 1. The minimum absolute atomic E-state index is 0.607. The van der Waals surface area contributed by atoms with E-state index in [-0.39, 0.29) is 0 Å². The third kappa shape index (κ3) is 1.93. The van der Waals surface area contributed by atoms with Crippen LogP contribution in [0.2, 0.25) is 0 Å². The predicted molar refractivity (Wildman–Crippen MR) is 77.4 cm³/mol. The molecule has 1 aromatic heterocycles. The van der Waals surface area contributed by atoms with Gasteiger partial charge in [0.05, 0.1) is 8.61 Å². The first-order chi connectivity index (χ1) is 7.68. The molecule has 3 unspecified atom stereocenters. The maximum Gasteiger partial charge on any atom is 0.0730 e. The maximum absolute atomic E-state index is 3.94. The SMILES string of the molecule is Cc1cc(C(Br)C2C3CCCCC32)sc1Br. The number of hydrogen-bond acceptors (Lipinski definition) is 1. The molecule has 0 saturated heterocycles. The van der Waals surface area contributed by atoms with E-state index in [1.165, 1.54) is 39.9 Å². The summed E-state index contributed by atoms with van der Waals surface area (Å²) in [6.07, 6.45) is 5.88. The molecule has 0 N–H and O–H groups in total. The normalized spacial score (nSPS) is 34.6. The summed E-state index contributed by atoms with van der Waals surface area (Å²) < 4.78 is 1.30. The third-order valence-corrected chi connectivity index (χ3v) is 7.84. The molecule has 88 valence electrons. The fraction of sp³-hybridized carbons (Fsp3) is 0.692. The Balaban J connectivity index is 1.76. The Morgan fingerprint density at radius 2 is 1.94 bits per heavy atom. The van der Waals surface area contributed by atoms with Crippen molar-refractivity contribution in [2.75, 3.05) is 0 Å². The number of rotatable bonds is 2. The van der Waals surface area contributed by atoms with Gasteiger partial charge >= 0.3 is 0 Å². The second-order valence-electron chi connectivity index (χ2n) is 5.20. The second kappa shape index (κ2) is 4.40. The lowest BCUT2D eigenvalue weighted by Gasteiger charge is -2.05. The molecular weight excluding hydrogens is 348 g/mol. The summed E-state index contributed by atoms with van der Waals surface area (Å²) in [5.41, 5.74) is 1.38. The van der Waals surface area contributed by atoms with Gasteiger partial charge in [0, 0.05) is 4.88 Å². The molecule has 2 saturated carbocycles. The van der Waals surface area contributed by atoms with E-state index in [1.807, 2.05) is 11.3 Å². The zero-order valence-corrected chi connectivity index (χ0v) is 13.4. The zero-order chi connectivity index (χ0) is 11.3. The summed E-state index contributed by atoms with van der Waals surface area (Å²) in [5.74, 6) is 2.98. The monoisotopic (exact) mass is 362 g/mol. The molecule has 2 aliphatic carbocycles. The van der Waals surface area contributed by atoms with E-state index >= 15 is 0 Å². The Morgan fingerprint density at radius 3 is 2.44 bits per heavy atom. The van der Waals surface area contributed by atoms with Gasteiger partial charge in [-0.15, -0.1) is 11.3 Å². The van der Waals surface area contributed by atoms with Gasteiger partial charge in [-0.25, -0.2) is 0 Å². The minimum atomic E-state index is 0.607. The Bertz CT molecular complexity index is 367. The van der Waals surface area contributed by atoms with Gasteiger partial charge in [-0.05, 0) is 65.1 Å². The average molecular weight is 364 g/mol. The van der Waals surface area contributed by atoms with Crippen molar-refractivity contribution < 1.29 is 0 Å². The summed E-state index contributed by atoms with van der Waals surface area (Å²) in [4.78, 5) is 2.12. The standard InChI is InChI=1S/C13H16Br2S/c1-7-6-10(16-13(7)15)12(14)11-8-4-2-3-5-9(8)11/h6,8-9,11-12H,2-5H2,1H3. The Labute approximate surface area is 118 Å². The largest absolute Gasteiger partial charge is 0.132 e. The highest BCUT2D eigenvalue weighted by Crippen LogP contribution is 2.63. The smallest absolute Gasteiger partial charge is 0.0730 e. The third-order valence-electron chi connectivity index (χ3n) is 4.21. The van der Waals surface area contributed by atoms with Gasteiger partial charge in [0.15, 0.2) is 0 Å². The van der Waals surface area contributed by atoms with Crippen LogP contribution >= 0.6 is 43.2 Å². The van der Waals surface area contributed by atoms with Gasteiger partial charge < -0.3 is 0 Å². The average Bonchev–Trinajstić information content (AvgIpc) is 2.91. The van der Waals surface area contributed by atoms with E-state index in [0.29, 0.717) is 4.83 Å². The number of thiophene rings is 1. The molecule has 3 heteroatoms. The molecule has 3 atom stereocenters. The summed E-state index contributed by atoms with van der Waals surface area (Å²) in [5, 5.41) is 0. The van der Waals surface area contributed by atoms with E-state index in [0.717, 1.165) is 17.8 Å². The first-order valence-corrected chi connectivity index (χ1v) is 8.61. The van der Waals surface area contributed by atoms with Crippen LogP contribution in [0.15, 0.2) is 9.85 Å². The Hall–Kier alpha value is 0.660. The van der Waals surface area contributed by atoms with Crippen LogP contribution in [0.5, 0.6) is 0 Å². The van der Waals surface area contributed by atoms with Gasteiger partial charge in [-0.2, -0.15) is 0 Å². The predicted octanol–water partition coefficient (Wildman–Crippen LogP) is 5.69. The molecule has 16 heavy (non-hydrogen) atoms. The molecule has 0 nitrogen and oxygen atoms in total. The number of halogens is 2. The second-order valence-corrected chi connectivity index (χ2v) is 8.58. The number of hydrogen-bond donors (Lipinski definition) is 0. The van der Waals surface area contributed by atoms with Crippen molar-refractivity contribution in [3.05, 3.63) is 20.3 Å². The molecule has 0 bridgehead atoms. The van der Waals surface area contributed by atoms with Crippen LogP contribution in [0.3, 0.4) is 0 Å². The number of aryl methyl sites for hydroxylation is 1. The van der Waals surface area contributed by atoms with Crippen molar-refractivity contribution in [2.45, 2.75) is 37.4 Å². The molecule has 2 fully saturated rings. The molecule has 2 aliphatic rings. The molecule has 3 rings (SSSR count). The van der Waals surface area contributed by atoms with Crippen LogP contribution in [0.4, 0.5) is 0 Å². The van der Waals surface area contributed by atoms with Gasteiger partial charge in [0.1, 0.15) is 0 Å². The maximum atomic E-state index is 3.94. The fourth-order valence-electron chi connectivity index (χ4n) is 3.29. The summed E-state index contributed by atoms with van der Waals surface area (Å²) in [7, 11) is 0. The topological polar surface area (TPSA) is 0 Å². The molecule has 0 aliphatic heterocycles.